The number of hydrogen-bond donors (Lipinski definition) is 0. The second-order valence-corrected chi connectivity index (χ2v) is 7.73. The predicted octanol–water partition coefficient (Wildman–Crippen LogP) is 2.67. The van der Waals surface area contributed by atoms with Crippen LogP contribution in [0.4, 0.5) is 10.1 Å². The first-order valence-corrected chi connectivity index (χ1v) is 9.57. The molecule has 1 atom stereocenters. The lowest BCUT2D eigenvalue weighted by Crippen LogP contribution is -2.66. The van der Waals surface area contributed by atoms with Gasteiger partial charge in [0.05, 0.1) is 12.1 Å². The van der Waals surface area contributed by atoms with E-state index in [4.69, 9.17) is 0 Å². The first-order chi connectivity index (χ1) is 13.5. The molecule has 0 aliphatic carbocycles. The van der Waals surface area contributed by atoms with E-state index in [1.54, 1.807) is 21.9 Å². The highest BCUT2D eigenvalue weighted by molar-refractivity contribution is 5.98. The lowest BCUT2D eigenvalue weighted by atomic mass is 9.91. The van der Waals surface area contributed by atoms with Gasteiger partial charge < -0.3 is 9.80 Å². The molecule has 0 radical (unpaired) electrons. The number of rotatable bonds is 3. The molecular weight excluding hydrogens is 357 g/mol. The smallest absolute Gasteiger partial charge is 0.246 e. The number of benzene rings is 2. The predicted molar refractivity (Wildman–Crippen MR) is 105 cm³/mol. The van der Waals surface area contributed by atoms with Crippen LogP contribution in [-0.4, -0.2) is 53.3 Å². The standard InChI is InChI=1S/C22H24FN3O2/c1-17(27)26-14-21(28)25(20-5-3-2-4-6-20)16-22(26)11-12-24(15-22)13-18-7-9-19(23)10-8-18/h2-10H,11-16H2,1H3. The van der Waals surface area contributed by atoms with Gasteiger partial charge in [0, 0.05) is 32.2 Å². The number of carbonyl (C=O) groups is 2. The Balaban J connectivity index is 1.56. The molecule has 2 aromatic rings. The van der Waals surface area contributed by atoms with Crippen LogP contribution in [0.1, 0.15) is 18.9 Å². The van der Waals surface area contributed by atoms with Gasteiger partial charge in [-0.05, 0) is 36.2 Å². The first-order valence-electron chi connectivity index (χ1n) is 9.57. The van der Waals surface area contributed by atoms with Crippen LogP contribution in [0.15, 0.2) is 54.6 Å². The fourth-order valence-corrected chi connectivity index (χ4v) is 4.42. The van der Waals surface area contributed by atoms with Crippen LogP contribution < -0.4 is 4.90 Å². The summed E-state index contributed by atoms with van der Waals surface area (Å²) in [4.78, 5) is 30.9. The molecule has 5 nitrogen and oxygen atoms in total. The van der Waals surface area contributed by atoms with Crippen LogP contribution in [0, 0.1) is 5.82 Å². The van der Waals surface area contributed by atoms with E-state index in [0.29, 0.717) is 19.6 Å². The first kappa shape index (κ1) is 18.6. The minimum atomic E-state index is -0.393. The molecule has 1 spiro atoms. The number of likely N-dealkylation sites (tertiary alicyclic amines) is 1. The maximum absolute atomic E-state index is 13.2. The molecule has 0 saturated carbocycles. The van der Waals surface area contributed by atoms with Crippen molar-refractivity contribution >= 4 is 17.5 Å². The molecule has 6 heteroatoms. The zero-order valence-corrected chi connectivity index (χ0v) is 16.0. The average Bonchev–Trinajstić information content (AvgIpc) is 3.09. The van der Waals surface area contributed by atoms with Gasteiger partial charge in [-0.2, -0.15) is 0 Å². The topological polar surface area (TPSA) is 43.9 Å². The molecule has 4 rings (SSSR count). The van der Waals surface area contributed by atoms with Gasteiger partial charge in [-0.25, -0.2) is 4.39 Å². The van der Waals surface area contributed by atoms with Crippen molar-refractivity contribution in [3.63, 3.8) is 0 Å². The Morgan fingerprint density at radius 2 is 1.79 bits per heavy atom. The highest BCUT2D eigenvalue weighted by Gasteiger charge is 2.50. The Hall–Kier alpha value is -2.73. The fourth-order valence-electron chi connectivity index (χ4n) is 4.42. The van der Waals surface area contributed by atoms with Crippen molar-refractivity contribution in [2.45, 2.75) is 25.4 Å². The summed E-state index contributed by atoms with van der Waals surface area (Å²) in [6, 6.07) is 16.2. The minimum Gasteiger partial charge on any atom is -0.325 e. The van der Waals surface area contributed by atoms with E-state index < -0.39 is 5.54 Å². The summed E-state index contributed by atoms with van der Waals surface area (Å²) in [6.07, 6.45) is 0.810. The third kappa shape index (κ3) is 3.52. The molecule has 0 aromatic heterocycles. The van der Waals surface area contributed by atoms with E-state index in [1.165, 1.54) is 19.1 Å². The molecule has 2 aromatic carbocycles. The number of amides is 2. The molecule has 0 bridgehead atoms. The maximum atomic E-state index is 13.2. The molecule has 2 aliphatic rings. The van der Waals surface area contributed by atoms with Crippen molar-refractivity contribution in [3.8, 4) is 0 Å². The van der Waals surface area contributed by atoms with Crippen LogP contribution in [0.5, 0.6) is 0 Å². The van der Waals surface area contributed by atoms with Gasteiger partial charge >= 0.3 is 0 Å². The zero-order chi connectivity index (χ0) is 19.7. The molecule has 2 aliphatic heterocycles. The average molecular weight is 381 g/mol. The molecule has 146 valence electrons. The molecule has 1 unspecified atom stereocenters. The third-order valence-corrected chi connectivity index (χ3v) is 5.80. The number of halogens is 1. The van der Waals surface area contributed by atoms with Crippen molar-refractivity contribution in [2.75, 3.05) is 31.1 Å². The molecular formula is C22H24FN3O2. The van der Waals surface area contributed by atoms with Crippen molar-refractivity contribution in [2.24, 2.45) is 0 Å². The Bertz CT molecular complexity index is 871. The van der Waals surface area contributed by atoms with E-state index in [2.05, 4.69) is 4.90 Å². The van der Waals surface area contributed by atoms with Crippen LogP contribution in [0.3, 0.4) is 0 Å². The summed E-state index contributed by atoms with van der Waals surface area (Å²) < 4.78 is 13.2. The highest BCUT2D eigenvalue weighted by Crippen LogP contribution is 2.35. The largest absolute Gasteiger partial charge is 0.325 e. The zero-order valence-electron chi connectivity index (χ0n) is 16.0. The van der Waals surface area contributed by atoms with E-state index in [0.717, 1.165) is 24.2 Å². The van der Waals surface area contributed by atoms with E-state index in [9.17, 15) is 14.0 Å². The van der Waals surface area contributed by atoms with Crippen LogP contribution in [0.2, 0.25) is 0 Å². The van der Waals surface area contributed by atoms with Gasteiger partial charge in [-0.1, -0.05) is 30.3 Å². The summed E-state index contributed by atoms with van der Waals surface area (Å²) in [7, 11) is 0. The van der Waals surface area contributed by atoms with Gasteiger partial charge in [-0.15, -0.1) is 0 Å². The number of carbonyl (C=O) groups excluding carboxylic acids is 2. The summed E-state index contributed by atoms with van der Waals surface area (Å²) in [5, 5.41) is 0. The molecule has 2 amide bonds. The Morgan fingerprint density at radius 1 is 1.07 bits per heavy atom. The second kappa shape index (κ2) is 7.36. The number of nitrogens with zero attached hydrogens (tertiary/aromatic N) is 3. The normalized spacial score (nSPS) is 22.9. The van der Waals surface area contributed by atoms with Crippen molar-refractivity contribution < 1.29 is 14.0 Å². The van der Waals surface area contributed by atoms with Crippen molar-refractivity contribution in [3.05, 3.63) is 66.0 Å². The lowest BCUT2D eigenvalue weighted by molar-refractivity contribution is -0.142. The van der Waals surface area contributed by atoms with Crippen molar-refractivity contribution in [1.29, 1.82) is 0 Å². The summed E-state index contributed by atoms with van der Waals surface area (Å²) >= 11 is 0. The summed E-state index contributed by atoms with van der Waals surface area (Å²) in [6.45, 7) is 4.37. The van der Waals surface area contributed by atoms with Crippen LogP contribution in [0.25, 0.3) is 0 Å². The lowest BCUT2D eigenvalue weighted by Gasteiger charge is -2.48. The molecule has 0 N–H and O–H groups in total. The van der Waals surface area contributed by atoms with E-state index in [1.807, 2.05) is 30.3 Å². The van der Waals surface area contributed by atoms with Gasteiger partial charge in [0.15, 0.2) is 0 Å². The van der Waals surface area contributed by atoms with Gasteiger partial charge in [0.1, 0.15) is 12.4 Å². The molecule has 28 heavy (non-hydrogen) atoms. The van der Waals surface area contributed by atoms with Crippen molar-refractivity contribution in [1.82, 2.24) is 9.80 Å². The van der Waals surface area contributed by atoms with E-state index >= 15 is 0 Å². The number of piperazine rings is 1. The molecule has 2 saturated heterocycles. The monoisotopic (exact) mass is 381 g/mol. The highest BCUT2D eigenvalue weighted by atomic mass is 19.1. The minimum absolute atomic E-state index is 0.0518. The van der Waals surface area contributed by atoms with Gasteiger partial charge in [0.25, 0.3) is 0 Å². The number of para-hydroxylation sites is 1. The number of hydrogen-bond acceptors (Lipinski definition) is 3. The Kier molecular flexibility index (Phi) is 4.89. The quantitative estimate of drug-likeness (QED) is 0.821. The van der Waals surface area contributed by atoms with Gasteiger partial charge in [-0.3, -0.25) is 14.5 Å². The SMILES string of the molecule is CC(=O)N1CC(=O)N(c2ccccc2)CC12CCN(Cc1ccc(F)cc1)C2. The maximum Gasteiger partial charge on any atom is 0.246 e. The van der Waals surface area contributed by atoms with Crippen LogP contribution >= 0.6 is 0 Å². The third-order valence-electron chi connectivity index (χ3n) is 5.80. The fraction of sp³-hybridized carbons (Fsp3) is 0.364. The van der Waals surface area contributed by atoms with E-state index in [-0.39, 0.29) is 24.2 Å². The Morgan fingerprint density at radius 3 is 2.46 bits per heavy atom. The second-order valence-electron chi connectivity index (χ2n) is 7.73. The van der Waals surface area contributed by atoms with Gasteiger partial charge in [0.2, 0.25) is 11.8 Å². The summed E-state index contributed by atoms with van der Waals surface area (Å²) in [5.41, 5.74) is 1.52. The summed E-state index contributed by atoms with van der Waals surface area (Å²) in [5.74, 6) is -0.359. The Labute approximate surface area is 164 Å². The number of anilines is 1. The van der Waals surface area contributed by atoms with Crippen LogP contribution in [-0.2, 0) is 16.1 Å². The molecule has 2 heterocycles. The molecule has 2 fully saturated rings.